The molecule has 2 aromatic rings. The lowest BCUT2D eigenvalue weighted by atomic mass is 10.1. The average molecular weight is 339 g/mol. The Morgan fingerprint density at radius 2 is 1.80 bits per heavy atom. The summed E-state index contributed by atoms with van der Waals surface area (Å²) < 4.78 is 4.70. The van der Waals surface area contributed by atoms with Crippen LogP contribution in [0.4, 0.5) is 0 Å². The molecule has 0 heterocycles. The van der Waals surface area contributed by atoms with Gasteiger partial charge >= 0.3 is 5.97 Å². The summed E-state index contributed by atoms with van der Waals surface area (Å²) in [5.41, 5.74) is 2.92. The molecule has 2 aromatic carbocycles. The second kappa shape index (κ2) is 9.47. The Bertz CT molecular complexity index is 697. The molecule has 0 saturated carbocycles. The van der Waals surface area contributed by atoms with Crippen molar-refractivity contribution in [3.8, 4) is 0 Å². The van der Waals surface area contributed by atoms with Crippen molar-refractivity contribution in [2.24, 2.45) is 4.99 Å². The molecule has 0 amide bonds. The minimum atomic E-state index is -0.316. The molecule has 2 rings (SSSR count). The highest BCUT2D eigenvalue weighted by Crippen LogP contribution is 2.10. The van der Waals surface area contributed by atoms with Crippen LogP contribution in [-0.4, -0.2) is 32.6 Å². The van der Waals surface area contributed by atoms with E-state index in [4.69, 9.17) is 4.74 Å². The van der Waals surface area contributed by atoms with Gasteiger partial charge in [-0.3, -0.25) is 4.99 Å². The van der Waals surface area contributed by atoms with Gasteiger partial charge in [-0.1, -0.05) is 42.5 Å². The minimum absolute atomic E-state index is 0.173. The van der Waals surface area contributed by atoms with Crippen molar-refractivity contribution >= 4 is 11.9 Å². The first kappa shape index (κ1) is 18.5. The van der Waals surface area contributed by atoms with Gasteiger partial charge < -0.3 is 15.4 Å². The van der Waals surface area contributed by atoms with Crippen LogP contribution >= 0.6 is 0 Å². The molecule has 0 bridgehead atoms. The molecular weight excluding hydrogens is 314 g/mol. The summed E-state index contributed by atoms with van der Waals surface area (Å²) in [5.74, 6) is 0.451. The van der Waals surface area contributed by atoms with E-state index in [-0.39, 0.29) is 12.0 Å². The van der Waals surface area contributed by atoms with E-state index < -0.39 is 0 Å². The fourth-order valence-electron chi connectivity index (χ4n) is 2.48. The second-order valence-corrected chi connectivity index (χ2v) is 5.71. The zero-order valence-corrected chi connectivity index (χ0v) is 15.0. The number of carbonyl (C=O) groups is 1. The van der Waals surface area contributed by atoms with Crippen LogP contribution in [-0.2, 0) is 11.2 Å². The smallest absolute Gasteiger partial charge is 0.337 e. The van der Waals surface area contributed by atoms with Crippen molar-refractivity contribution in [2.45, 2.75) is 19.4 Å². The highest BCUT2D eigenvalue weighted by molar-refractivity contribution is 5.89. The summed E-state index contributed by atoms with van der Waals surface area (Å²) in [7, 11) is 3.15. The van der Waals surface area contributed by atoms with E-state index in [9.17, 15) is 4.79 Å². The van der Waals surface area contributed by atoms with Crippen molar-refractivity contribution in [3.05, 3.63) is 71.3 Å². The van der Waals surface area contributed by atoms with Gasteiger partial charge in [-0.25, -0.2) is 4.79 Å². The van der Waals surface area contributed by atoms with Gasteiger partial charge in [0.05, 0.1) is 18.7 Å². The molecule has 1 unspecified atom stereocenters. The maximum absolute atomic E-state index is 11.4. The van der Waals surface area contributed by atoms with E-state index in [1.54, 1.807) is 19.2 Å². The van der Waals surface area contributed by atoms with Crippen LogP contribution < -0.4 is 10.6 Å². The predicted octanol–water partition coefficient (Wildman–Crippen LogP) is 2.94. The van der Waals surface area contributed by atoms with Crippen molar-refractivity contribution in [1.82, 2.24) is 10.6 Å². The first-order valence-electron chi connectivity index (χ1n) is 8.33. The maximum atomic E-state index is 11.4. The van der Waals surface area contributed by atoms with E-state index in [1.807, 2.05) is 30.3 Å². The largest absolute Gasteiger partial charge is 0.465 e. The first-order chi connectivity index (χ1) is 12.1. The lowest BCUT2D eigenvalue weighted by Gasteiger charge is -2.18. The molecule has 0 aliphatic carbocycles. The Morgan fingerprint density at radius 1 is 1.12 bits per heavy atom. The molecule has 1 atom stereocenters. The normalized spacial score (nSPS) is 12.4. The van der Waals surface area contributed by atoms with Crippen molar-refractivity contribution < 1.29 is 9.53 Å². The topological polar surface area (TPSA) is 62.7 Å². The summed E-state index contributed by atoms with van der Waals surface area (Å²) in [6.45, 7) is 2.85. The van der Waals surface area contributed by atoms with Gasteiger partial charge in [0.1, 0.15) is 0 Å². The number of carbonyl (C=O) groups excluding carboxylic acids is 1. The molecule has 0 aromatic heterocycles. The predicted molar refractivity (Wildman–Crippen MR) is 101 cm³/mol. The van der Waals surface area contributed by atoms with Crippen LogP contribution in [0.25, 0.3) is 0 Å². The van der Waals surface area contributed by atoms with E-state index in [0.29, 0.717) is 5.56 Å². The van der Waals surface area contributed by atoms with Crippen LogP contribution in [0.15, 0.2) is 59.6 Å². The number of guanidine groups is 1. The van der Waals surface area contributed by atoms with Crippen molar-refractivity contribution in [3.63, 3.8) is 0 Å². The number of hydrogen-bond donors (Lipinski definition) is 2. The number of aliphatic imine (C=N–C) groups is 1. The Labute approximate surface area is 149 Å². The third-order valence-corrected chi connectivity index (χ3v) is 3.96. The van der Waals surface area contributed by atoms with Gasteiger partial charge in [-0.15, -0.1) is 0 Å². The van der Waals surface area contributed by atoms with Gasteiger partial charge in [0, 0.05) is 13.6 Å². The number of nitrogens with zero attached hydrogens (tertiary/aromatic N) is 1. The molecule has 132 valence electrons. The number of ether oxygens (including phenoxy) is 1. The van der Waals surface area contributed by atoms with Gasteiger partial charge in [-0.05, 0) is 36.6 Å². The van der Waals surface area contributed by atoms with Crippen LogP contribution in [0.5, 0.6) is 0 Å². The average Bonchev–Trinajstić information content (AvgIpc) is 2.67. The van der Waals surface area contributed by atoms with Crippen molar-refractivity contribution in [1.29, 1.82) is 0 Å². The number of methoxy groups -OCH3 is 1. The zero-order chi connectivity index (χ0) is 18.1. The molecule has 25 heavy (non-hydrogen) atoms. The standard InChI is InChI=1S/C20H25N3O2/c1-15(17-7-5-4-6-8-17)23-20(21-2)22-14-13-16-9-11-18(12-10-16)19(24)25-3/h4-12,15H,13-14H2,1-3H3,(H2,21,22,23). The van der Waals surface area contributed by atoms with Crippen LogP contribution in [0, 0.1) is 0 Å². The Morgan fingerprint density at radius 3 is 2.40 bits per heavy atom. The molecule has 0 aliphatic heterocycles. The first-order valence-corrected chi connectivity index (χ1v) is 8.33. The van der Waals surface area contributed by atoms with E-state index in [1.165, 1.54) is 12.7 Å². The van der Waals surface area contributed by atoms with Crippen LogP contribution in [0.2, 0.25) is 0 Å². The highest BCUT2D eigenvalue weighted by atomic mass is 16.5. The third kappa shape index (κ3) is 5.64. The fourth-order valence-corrected chi connectivity index (χ4v) is 2.48. The monoisotopic (exact) mass is 339 g/mol. The molecule has 0 radical (unpaired) electrons. The number of rotatable bonds is 6. The Kier molecular flexibility index (Phi) is 7.01. The molecule has 0 saturated heterocycles. The van der Waals surface area contributed by atoms with E-state index in [0.717, 1.165) is 24.5 Å². The molecule has 5 nitrogen and oxygen atoms in total. The number of esters is 1. The van der Waals surface area contributed by atoms with E-state index >= 15 is 0 Å². The summed E-state index contributed by atoms with van der Waals surface area (Å²) in [6, 6.07) is 17.9. The summed E-state index contributed by atoms with van der Waals surface area (Å²) >= 11 is 0. The van der Waals surface area contributed by atoms with Gasteiger partial charge in [0.25, 0.3) is 0 Å². The minimum Gasteiger partial charge on any atom is -0.465 e. The molecule has 0 spiro atoms. The fraction of sp³-hybridized carbons (Fsp3) is 0.300. The maximum Gasteiger partial charge on any atom is 0.337 e. The molecular formula is C20H25N3O2. The second-order valence-electron chi connectivity index (χ2n) is 5.71. The summed E-state index contributed by atoms with van der Waals surface area (Å²) in [5, 5.41) is 6.69. The summed E-state index contributed by atoms with van der Waals surface area (Å²) in [6.07, 6.45) is 0.835. The quantitative estimate of drug-likeness (QED) is 0.482. The third-order valence-electron chi connectivity index (χ3n) is 3.96. The van der Waals surface area contributed by atoms with Gasteiger partial charge in [0.15, 0.2) is 5.96 Å². The number of benzene rings is 2. The molecule has 5 heteroatoms. The van der Waals surface area contributed by atoms with Crippen LogP contribution in [0.3, 0.4) is 0 Å². The van der Waals surface area contributed by atoms with Gasteiger partial charge in [-0.2, -0.15) is 0 Å². The molecule has 0 aliphatic rings. The van der Waals surface area contributed by atoms with E-state index in [2.05, 4.69) is 34.7 Å². The Balaban J connectivity index is 1.82. The lowest BCUT2D eigenvalue weighted by Crippen LogP contribution is -2.39. The van der Waals surface area contributed by atoms with Crippen LogP contribution in [0.1, 0.15) is 34.5 Å². The lowest BCUT2D eigenvalue weighted by molar-refractivity contribution is 0.0600. The number of nitrogens with one attached hydrogen (secondary N) is 2. The molecule has 0 fully saturated rings. The SMILES string of the molecule is CN=C(NCCc1ccc(C(=O)OC)cc1)NC(C)c1ccccc1. The molecule has 2 N–H and O–H groups in total. The highest BCUT2D eigenvalue weighted by Gasteiger charge is 2.07. The summed E-state index contributed by atoms with van der Waals surface area (Å²) in [4.78, 5) is 15.7. The van der Waals surface area contributed by atoms with Crippen molar-refractivity contribution in [2.75, 3.05) is 20.7 Å². The van der Waals surface area contributed by atoms with Gasteiger partial charge in [0.2, 0.25) is 0 Å². The zero-order valence-electron chi connectivity index (χ0n) is 15.0. The Hall–Kier alpha value is -2.82. The number of hydrogen-bond acceptors (Lipinski definition) is 3.